The van der Waals surface area contributed by atoms with Gasteiger partial charge in [-0.2, -0.15) is 0 Å². The normalized spacial score (nSPS) is 13.8. The second-order valence-electron chi connectivity index (χ2n) is 5.52. The van der Waals surface area contributed by atoms with Crippen LogP contribution in [0.15, 0.2) is 30.6 Å². The maximum atomic E-state index is 12.5. The Hall–Kier alpha value is -2.47. The number of halogens is 1. The number of nitrogens with one attached hydrogen (secondary N) is 1. The van der Waals surface area contributed by atoms with E-state index < -0.39 is 0 Å². The fourth-order valence-electron chi connectivity index (χ4n) is 2.83. The van der Waals surface area contributed by atoms with Crippen molar-refractivity contribution in [3.63, 3.8) is 0 Å². The SMILES string of the molecule is O=C(Nc1ccc2cc(Cl)cnc2n1)c1cnc2n1CCCC2. The van der Waals surface area contributed by atoms with Crippen molar-refractivity contribution >= 4 is 34.4 Å². The zero-order chi connectivity index (χ0) is 15.8. The van der Waals surface area contributed by atoms with Gasteiger partial charge in [-0.25, -0.2) is 15.0 Å². The highest BCUT2D eigenvalue weighted by atomic mass is 35.5. The molecule has 0 unspecified atom stereocenters. The van der Waals surface area contributed by atoms with Crippen LogP contribution in [-0.4, -0.2) is 25.4 Å². The molecule has 4 rings (SSSR count). The highest BCUT2D eigenvalue weighted by molar-refractivity contribution is 6.31. The summed E-state index contributed by atoms with van der Waals surface area (Å²) in [5.41, 5.74) is 1.12. The van der Waals surface area contributed by atoms with E-state index >= 15 is 0 Å². The molecule has 116 valence electrons. The quantitative estimate of drug-likeness (QED) is 0.785. The molecule has 0 saturated heterocycles. The van der Waals surface area contributed by atoms with Gasteiger partial charge < -0.3 is 9.88 Å². The van der Waals surface area contributed by atoms with Crippen molar-refractivity contribution < 1.29 is 4.79 Å². The minimum absolute atomic E-state index is 0.202. The van der Waals surface area contributed by atoms with Gasteiger partial charge in [-0.05, 0) is 31.0 Å². The lowest BCUT2D eigenvalue weighted by molar-refractivity contribution is 0.101. The molecule has 0 aliphatic carbocycles. The average Bonchev–Trinajstić information content (AvgIpc) is 2.99. The van der Waals surface area contributed by atoms with Crippen molar-refractivity contribution in [2.75, 3.05) is 5.32 Å². The van der Waals surface area contributed by atoms with Gasteiger partial charge in [-0.15, -0.1) is 0 Å². The molecule has 0 fully saturated rings. The Labute approximate surface area is 137 Å². The fourth-order valence-corrected chi connectivity index (χ4v) is 3.00. The van der Waals surface area contributed by atoms with Gasteiger partial charge in [0.2, 0.25) is 0 Å². The third-order valence-corrected chi connectivity index (χ3v) is 4.16. The summed E-state index contributed by atoms with van der Waals surface area (Å²) in [7, 11) is 0. The van der Waals surface area contributed by atoms with Crippen LogP contribution in [0.5, 0.6) is 0 Å². The van der Waals surface area contributed by atoms with Crippen LogP contribution in [0.25, 0.3) is 11.0 Å². The molecule has 0 bridgehead atoms. The van der Waals surface area contributed by atoms with Gasteiger partial charge in [0.1, 0.15) is 17.3 Å². The first kappa shape index (κ1) is 14.1. The van der Waals surface area contributed by atoms with Crippen molar-refractivity contribution in [2.24, 2.45) is 0 Å². The first-order chi connectivity index (χ1) is 11.2. The smallest absolute Gasteiger partial charge is 0.275 e. The molecule has 23 heavy (non-hydrogen) atoms. The Kier molecular flexibility index (Phi) is 3.46. The summed E-state index contributed by atoms with van der Waals surface area (Å²) in [5, 5.41) is 4.21. The van der Waals surface area contributed by atoms with Gasteiger partial charge in [0.25, 0.3) is 5.91 Å². The molecule has 1 aliphatic rings. The summed E-state index contributed by atoms with van der Waals surface area (Å²) < 4.78 is 1.98. The zero-order valence-electron chi connectivity index (χ0n) is 12.3. The molecule has 4 heterocycles. The fraction of sp³-hybridized carbons (Fsp3) is 0.250. The molecule has 0 radical (unpaired) electrons. The number of amides is 1. The predicted molar refractivity (Wildman–Crippen MR) is 87.7 cm³/mol. The summed E-state index contributed by atoms with van der Waals surface area (Å²) in [5.74, 6) is 1.24. The minimum atomic E-state index is -0.202. The van der Waals surface area contributed by atoms with Crippen molar-refractivity contribution in [3.05, 3.63) is 47.1 Å². The van der Waals surface area contributed by atoms with Crippen LogP contribution in [-0.2, 0) is 13.0 Å². The van der Waals surface area contributed by atoms with E-state index in [2.05, 4.69) is 20.3 Å². The molecule has 1 aliphatic heterocycles. The van der Waals surface area contributed by atoms with Crippen LogP contribution in [0, 0.1) is 0 Å². The van der Waals surface area contributed by atoms with Gasteiger partial charge >= 0.3 is 0 Å². The van der Waals surface area contributed by atoms with Gasteiger partial charge in [-0.1, -0.05) is 11.6 Å². The molecular weight excluding hydrogens is 314 g/mol. The van der Waals surface area contributed by atoms with Crippen LogP contribution in [0.4, 0.5) is 5.82 Å². The molecule has 1 amide bonds. The number of aromatic nitrogens is 4. The molecule has 6 nitrogen and oxygen atoms in total. The first-order valence-corrected chi connectivity index (χ1v) is 7.86. The van der Waals surface area contributed by atoms with Crippen LogP contribution in [0.1, 0.15) is 29.2 Å². The molecule has 7 heteroatoms. The van der Waals surface area contributed by atoms with E-state index in [0.717, 1.165) is 37.0 Å². The third-order valence-electron chi connectivity index (χ3n) is 3.95. The Morgan fingerprint density at radius 3 is 3.04 bits per heavy atom. The number of pyridine rings is 2. The van der Waals surface area contributed by atoms with E-state index in [4.69, 9.17) is 11.6 Å². The number of nitrogens with zero attached hydrogens (tertiary/aromatic N) is 4. The van der Waals surface area contributed by atoms with Crippen LogP contribution < -0.4 is 5.32 Å². The molecular formula is C16H14ClN5O. The molecule has 0 saturated carbocycles. The van der Waals surface area contributed by atoms with Gasteiger partial charge in [0.15, 0.2) is 5.65 Å². The highest BCUT2D eigenvalue weighted by Gasteiger charge is 2.19. The Balaban J connectivity index is 1.61. The lowest BCUT2D eigenvalue weighted by atomic mass is 10.1. The molecule has 1 N–H and O–H groups in total. The van der Waals surface area contributed by atoms with E-state index in [1.165, 1.54) is 6.20 Å². The van der Waals surface area contributed by atoms with Crippen LogP contribution >= 0.6 is 11.6 Å². The number of carbonyl (C=O) groups is 1. The van der Waals surface area contributed by atoms with E-state index in [1.54, 1.807) is 18.3 Å². The van der Waals surface area contributed by atoms with Crippen molar-refractivity contribution in [2.45, 2.75) is 25.8 Å². The number of anilines is 1. The maximum absolute atomic E-state index is 12.5. The number of imidazole rings is 1. The van der Waals surface area contributed by atoms with E-state index in [0.29, 0.717) is 22.2 Å². The third kappa shape index (κ3) is 2.66. The van der Waals surface area contributed by atoms with E-state index in [9.17, 15) is 4.79 Å². The van der Waals surface area contributed by atoms with Crippen molar-refractivity contribution in [1.82, 2.24) is 19.5 Å². The summed E-state index contributed by atoms with van der Waals surface area (Å²) in [6.45, 7) is 0.837. The number of fused-ring (bicyclic) bond motifs is 2. The lowest BCUT2D eigenvalue weighted by Gasteiger charge is -2.15. The molecule has 0 aromatic carbocycles. The van der Waals surface area contributed by atoms with Crippen molar-refractivity contribution in [3.8, 4) is 0 Å². The number of rotatable bonds is 2. The summed E-state index contributed by atoms with van der Waals surface area (Å²) in [6, 6.07) is 5.37. The maximum Gasteiger partial charge on any atom is 0.275 e. The Morgan fingerprint density at radius 1 is 1.22 bits per heavy atom. The first-order valence-electron chi connectivity index (χ1n) is 7.49. The van der Waals surface area contributed by atoms with Gasteiger partial charge in [-0.3, -0.25) is 4.79 Å². The molecule has 3 aromatic rings. The van der Waals surface area contributed by atoms with Crippen LogP contribution in [0.2, 0.25) is 5.02 Å². The largest absolute Gasteiger partial charge is 0.324 e. The van der Waals surface area contributed by atoms with Crippen molar-refractivity contribution in [1.29, 1.82) is 0 Å². The van der Waals surface area contributed by atoms with Gasteiger partial charge in [0, 0.05) is 24.5 Å². The number of aryl methyl sites for hydroxylation is 1. The van der Waals surface area contributed by atoms with Crippen LogP contribution in [0.3, 0.4) is 0 Å². The number of hydrogen-bond donors (Lipinski definition) is 1. The molecule has 3 aromatic heterocycles. The summed E-state index contributed by atoms with van der Waals surface area (Å²) in [6.07, 6.45) is 6.29. The average molecular weight is 328 g/mol. The standard InChI is InChI=1S/C16H14ClN5O/c17-11-7-10-4-5-13(20-15(10)19-8-11)21-16(23)12-9-18-14-3-1-2-6-22(12)14/h4-5,7-9H,1-3,6H2,(H,19,20,21,23). The van der Waals surface area contributed by atoms with Gasteiger partial charge in [0.05, 0.1) is 11.2 Å². The zero-order valence-corrected chi connectivity index (χ0v) is 13.0. The monoisotopic (exact) mass is 327 g/mol. The topological polar surface area (TPSA) is 72.7 Å². The highest BCUT2D eigenvalue weighted by Crippen LogP contribution is 2.19. The number of carbonyl (C=O) groups excluding carboxylic acids is 1. The number of hydrogen-bond acceptors (Lipinski definition) is 4. The second kappa shape index (κ2) is 5.62. The van der Waals surface area contributed by atoms with E-state index in [-0.39, 0.29) is 5.91 Å². The Bertz CT molecular complexity index is 905. The molecule has 0 atom stereocenters. The lowest BCUT2D eigenvalue weighted by Crippen LogP contribution is -2.20. The Morgan fingerprint density at radius 2 is 2.13 bits per heavy atom. The molecule has 0 spiro atoms. The predicted octanol–water partition coefficient (Wildman–Crippen LogP) is 3.07. The summed E-state index contributed by atoms with van der Waals surface area (Å²) >= 11 is 5.91. The summed E-state index contributed by atoms with van der Waals surface area (Å²) in [4.78, 5) is 25.3. The van der Waals surface area contributed by atoms with E-state index in [1.807, 2.05) is 10.6 Å². The second-order valence-corrected chi connectivity index (χ2v) is 5.96. The minimum Gasteiger partial charge on any atom is -0.324 e.